The lowest BCUT2D eigenvalue weighted by molar-refractivity contribution is -0.149. The Morgan fingerprint density at radius 3 is 2.54 bits per heavy atom. The maximum absolute atomic E-state index is 11.9. The van der Waals surface area contributed by atoms with Gasteiger partial charge in [0.25, 0.3) is 0 Å². The Bertz CT molecular complexity index is 572. The standard InChI is InChI=1S/C17H24N2O4S/c1-4-23-16(20)12-6-5-7-19(11-12)17(24)18-13-8-14(21-2)10-15(9-13)22-3/h8-10,12H,4-7,11H2,1-3H3,(H,18,24)/t12-/m0/s1. The number of hydrogen-bond acceptors (Lipinski definition) is 5. The number of benzene rings is 1. The van der Waals surface area contributed by atoms with E-state index < -0.39 is 0 Å². The second kappa shape index (κ2) is 8.73. The van der Waals surface area contributed by atoms with Crippen LogP contribution in [0.3, 0.4) is 0 Å². The van der Waals surface area contributed by atoms with Gasteiger partial charge in [-0.25, -0.2) is 0 Å². The molecule has 7 heteroatoms. The van der Waals surface area contributed by atoms with Crippen molar-refractivity contribution in [3.63, 3.8) is 0 Å². The molecule has 1 heterocycles. The molecule has 24 heavy (non-hydrogen) atoms. The van der Waals surface area contributed by atoms with Crippen LogP contribution in [0.2, 0.25) is 0 Å². The first kappa shape index (κ1) is 18.3. The summed E-state index contributed by atoms with van der Waals surface area (Å²) in [6.07, 6.45) is 1.75. The van der Waals surface area contributed by atoms with Gasteiger partial charge in [0.15, 0.2) is 5.11 Å². The number of carbonyl (C=O) groups excluding carboxylic acids is 1. The normalized spacial score (nSPS) is 17.1. The highest BCUT2D eigenvalue weighted by atomic mass is 32.1. The molecule has 1 N–H and O–H groups in total. The third-order valence-electron chi connectivity index (χ3n) is 3.93. The molecule has 0 amide bonds. The van der Waals surface area contributed by atoms with Crippen LogP contribution in [0.1, 0.15) is 19.8 Å². The second-order valence-electron chi connectivity index (χ2n) is 5.57. The number of nitrogens with one attached hydrogen (secondary N) is 1. The molecule has 2 rings (SSSR count). The molecule has 1 saturated heterocycles. The predicted molar refractivity (Wildman–Crippen MR) is 96.7 cm³/mol. The summed E-state index contributed by atoms with van der Waals surface area (Å²) in [5, 5.41) is 3.78. The van der Waals surface area contributed by atoms with Crippen molar-refractivity contribution in [2.24, 2.45) is 5.92 Å². The fourth-order valence-corrected chi connectivity index (χ4v) is 2.98. The van der Waals surface area contributed by atoms with Crippen molar-refractivity contribution in [1.29, 1.82) is 0 Å². The molecule has 0 saturated carbocycles. The molecule has 0 bridgehead atoms. The van der Waals surface area contributed by atoms with E-state index in [1.54, 1.807) is 20.3 Å². The third kappa shape index (κ3) is 4.74. The molecule has 0 radical (unpaired) electrons. The summed E-state index contributed by atoms with van der Waals surface area (Å²) in [6, 6.07) is 5.50. The number of piperidine rings is 1. The summed E-state index contributed by atoms with van der Waals surface area (Å²) in [4.78, 5) is 14.0. The Hall–Kier alpha value is -2.02. The van der Waals surface area contributed by atoms with Crippen LogP contribution in [0.25, 0.3) is 0 Å². The summed E-state index contributed by atoms with van der Waals surface area (Å²) >= 11 is 5.50. The number of anilines is 1. The second-order valence-corrected chi connectivity index (χ2v) is 5.96. The molecule has 1 atom stereocenters. The van der Waals surface area contributed by atoms with E-state index in [0.717, 1.165) is 25.1 Å². The fourth-order valence-electron chi connectivity index (χ4n) is 2.70. The van der Waals surface area contributed by atoms with Gasteiger partial charge < -0.3 is 24.4 Å². The summed E-state index contributed by atoms with van der Waals surface area (Å²) in [5.41, 5.74) is 0.787. The number of nitrogens with zero attached hydrogens (tertiary/aromatic N) is 1. The quantitative estimate of drug-likeness (QED) is 0.646. The van der Waals surface area contributed by atoms with E-state index in [2.05, 4.69) is 5.32 Å². The molecule has 0 unspecified atom stereocenters. The first-order valence-corrected chi connectivity index (χ1v) is 8.43. The number of hydrogen-bond donors (Lipinski definition) is 1. The highest BCUT2D eigenvalue weighted by Crippen LogP contribution is 2.26. The Morgan fingerprint density at radius 1 is 1.29 bits per heavy atom. The molecule has 1 aliphatic heterocycles. The van der Waals surface area contributed by atoms with Gasteiger partial charge in [-0.1, -0.05) is 0 Å². The van der Waals surface area contributed by atoms with Crippen molar-refractivity contribution in [3.05, 3.63) is 18.2 Å². The number of thiocarbonyl (C=S) groups is 1. The summed E-state index contributed by atoms with van der Waals surface area (Å²) < 4.78 is 15.6. The fraction of sp³-hybridized carbons (Fsp3) is 0.529. The highest BCUT2D eigenvalue weighted by Gasteiger charge is 2.28. The minimum absolute atomic E-state index is 0.127. The predicted octanol–water partition coefficient (Wildman–Crippen LogP) is 2.68. The molecular weight excluding hydrogens is 328 g/mol. The van der Waals surface area contributed by atoms with Gasteiger partial charge in [0.1, 0.15) is 11.5 Å². The van der Waals surface area contributed by atoms with E-state index in [-0.39, 0.29) is 11.9 Å². The topological polar surface area (TPSA) is 60.0 Å². The lowest BCUT2D eigenvalue weighted by Gasteiger charge is -2.33. The van der Waals surface area contributed by atoms with Crippen molar-refractivity contribution >= 4 is 29.0 Å². The van der Waals surface area contributed by atoms with Gasteiger partial charge in [-0.3, -0.25) is 4.79 Å². The van der Waals surface area contributed by atoms with Crippen LogP contribution in [0.4, 0.5) is 5.69 Å². The number of esters is 1. The van der Waals surface area contributed by atoms with Gasteiger partial charge in [-0.05, 0) is 32.0 Å². The molecule has 0 aromatic heterocycles. The van der Waals surface area contributed by atoms with Crippen molar-refractivity contribution < 1.29 is 19.0 Å². The van der Waals surface area contributed by atoms with Gasteiger partial charge in [0.05, 0.1) is 26.7 Å². The van der Waals surface area contributed by atoms with E-state index in [0.29, 0.717) is 29.8 Å². The summed E-state index contributed by atoms with van der Waals surface area (Å²) in [6.45, 7) is 3.62. The van der Waals surface area contributed by atoms with Gasteiger partial charge in [0.2, 0.25) is 0 Å². The van der Waals surface area contributed by atoms with Crippen LogP contribution in [-0.4, -0.2) is 49.9 Å². The minimum atomic E-state index is -0.145. The molecular formula is C17H24N2O4S. The lowest BCUT2D eigenvalue weighted by Crippen LogP contribution is -2.44. The highest BCUT2D eigenvalue weighted by molar-refractivity contribution is 7.80. The number of carbonyl (C=O) groups is 1. The maximum Gasteiger partial charge on any atom is 0.310 e. The summed E-state index contributed by atoms with van der Waals surface area (Å²) in [7, 11) is 3.21. The van der Waals surface area contributed by atoms with Crippen LogP contribution in [0, 0.1) is 5.92 Å². The zero-order valence-corrected chi connectivity index (χ0v) is 15.1. The van der Waals surface area contributed by atoms with Gasteiger partial charge >= 0.3 is 5.97 Å². The van der Waals surface area contributed by atoms with E-state index in [9.17, 15) is 4.79 Å². The third-order valence-corrected chi connectivity index (χ3v) is 4.29. The average Bonchev–Trinajstić information content (AvgIpc) is 2.61. The summed E-state index contributed by atoms with van der Waals surface area (Å²) in [5.74, 6) is 1.09. The molecule has 0 spiro atoms. The Balaban J connectivity index is 2.02. The number of rotatable bonds is 5. The van der Waals surface area contributed by atoms with Crippen molar-refractivity contribution in [1.82, 2.24) is 4.90 Å². The lowest BCUT2D eigenvalue weighted by atomic mass is 9.98. The molecule has 1 aliphatic rings. The van der Waals surface area contributed by atoms with Crippen LogP contribution in [0.5, 0.6) is 11.5 Å². The largest absolute Gasteiger partial charge is 0.497 e. The maximum atomic E-state index is 11.9. The van der Waals surface area contributed by atoms with Crippen molar-refractivity contribution in [2.45, 2.75) is 19.8 Å². The molecule has 0 aliphatic carbocycles. The Labute approximate surface area is 148 Å². The van der Waals surface area contributed by atoms with Gasteiger partial charge in [-0.2, -0.15) is 0 Å². The van der Waals surface area contributed by atoms with Crippen molar-refractivity contribution in [3.8, 4) is 11.5 Å². The van der Waals surface area contributed by atoms with Crippen LogP contribution < -0.4 is 14.8 Å². The molecule has 132 valence electrons. The first-order chi connectivity index (χ1) is 11.6. The molecule has 1 aromatic carbocycles. The van der Waals surface area contributed by atoms with E-state index in [4.69, 9.17) is 26.4 Å². The van der Waals surface area contributed by atoms with Crippen LogP contribution in [-0.2, 0) is 9.53 Å². The minimum Gasteiger partial charge on any atom is -0.497 e. The van der Waals surface area contributed by atoms with Crippen LogP contribution in [0.15, 0.2) is 18.2 Å². The first-order valence-electron chi connectivity index (χ1n) is 8.03. The van der Waals surface area contributed by atoms with E-state index in [1.165, 1.54) is 0 Å². The smallest absolute Gasteiger partial charge is 0.310 e. The zero-order chi connectivity index (χ0) is 17.5. The van der Waals surface area contributed by atoms with Gasteiger partial charge in [0, 0.05) is 37.0 Å². The van der Waals surface area contributed by atoms with E-state index >= 15 is 0 Å². The number of methoxy groups -OCH3 is 2. The Kier molecular flexibility index (Phi) is 6.66. The van der Waals surface area contributed by atoms with Crippen LogP contribution >= 0.6 is 12.2 Å². The molecule has 1 fully saturated rings. The monoisotopic (exact) mass is 352 g/mol. The number of likely N-dealkylation sites (tertiary alicyclic amines) is 1. The van der Waals surface area contributed by atoms with E-state index in [1.807, 2.05) is 24.0 Å². The molecule has 1 aromatic rings. The zero-order valence-electron chi connectivity index (χ0n) is 14.3. The SMILES string of the molecule is CCOC(=O)[C@H]1CCCN(C(=S)Nc2cc(OC)cc(OC)c2)C1. The van der Waals surface area contributed by atoms with Gasteiger partial charge in [-0.15, -0.1) is 0 Å². The average molecular weight is 352 g/mol. The molecule has 6 nitrogen and oxygen atoms in total. The van der Waals surface area contributed by atoms with Crippen molar-refractivity contribution in [2.75, 3.05) is 39.2 Å². The number of ether oxygens (including phenoxy) is 3. The Morgan fingerprint density at radius 2 is 1.96 bits per heavy atom.